The highest BCUT2D eigenvalue weighted by atomic mass is 32.2. The Kier molecular flexibility index (Phi) is 4.46. The van der Waals surface area contributed by atoms with Crippen LogP contribution in [-0.4, -0.2) is 45.3 Å². The highest BCUT2D eigenvalue weighted by Crippen LogP contribution is 2.30. The summed E-state index contributed by atoms with van der Waals surface area (Å²) in [4.78, 5) is 13.4. The lowest BCUT2D eigenvalue weighted by Gasteiger charge is -2.18. The maximum atomic E-state index is 12.9. The molecule has 136 valence electrons. The highest BCUT2D eigenvalue weighted by molar-refractivity contribution is 7.89. The largest absolute Gasteiger partial charge is 0.308 e. The third kappa shape index (κ3) is 2.89. The summed E-state index contributed by atoms with van der Waals surface area (Å²) in [5.41, 5.74) is 1.70. The molecule has 1 saturated heterocycles. The Morgan fingerprint density at radius 2 is 2.08 bits per heavy atom. The average Bonchev–Trinajstić information content (AvgIpc) is 3.27. The van der Waals surface area contributed by atoms with Gasteiger partial charge in [0, 0.05) is 38.1 Å². The van der Waals surface area contributed by atoms with Gasteiger partial charge in [0.15, 0.2) is 5.65 Å². The Hall–Kier alpha value is -2.32. The standard InChI is InChI=1S/C18H21N5O2S/c1-2-5-17-21-16-7-4-10-20-18(16)23(17)14-8-11-22(13-14)26(24,25)15-6-3-9-19-12-15/h3-4,6-7,9-10,12,14H,2,5,8,11,13H2,1H3/t14-/m0/s1. The minimum absolute atomic E-state index is 0.0443. The fourth-order valence-electron chi connectivity index (χ4n) is 3.55. The zero-order valence-corrected chi connectivity index (χ0v) is 15.4. The number of aromatic nitrogens is 4. The maximum Gasteiger partial charge on any atom is 0.244 e. The Morgan fingerprint density at radius 1 is 1.23 bits per heavy atom. The first kappa shape index (κ1) is 17.1. The smallest absolute Gasteiger partial charge is 0.244 e. The second-order valence-electron chi connectivity index (χ2n) is 6.49. The third-order valence-electron chi connectivity index (χ3n) is 4.76. The normalized spacial score (nSPS) is 18.6. The number of nitrogens with zero attached hydrogens (tertiary/aromatic N) is 5. The molecule has 0 N–H and O–H groups in total. The van der Waals surface area contributed by atoms with E-state index >= 15 is 0 Å². The van der Waals surface area contributed by atoms with Gasteiger partial charge in [-0.25, -0.2) is 18.4 Å². The lowest BCUT2D eigenvalue weighted by atomic mass is 10.2. The van der Waals surface area contributed by atoms with Crippen LogP contribution in [0.4, 0.5) is 0 Å². The topological polar surface area (TPSA) is 81.0 Å². The first-order valence-corrected chi connectivity index (χ1v) is 10.3. The lowest BCUT2D eigenvalue weighted by molar-refractivity contribution is 0.449. The zero-order chi connectivity index (χ0) is 18.1. The van der Waals surface area contributed by atoms with Crippen LogP contribution in [0, 0.1) is 0 Å². The summed E-state index contributed by atoms with van der Waals surface area (Å²) in [7, 11) is -3.52. The number of aryl methyl sites for hydroxylation is 1. The van der Waals surface area contributed by atoms with E-state index in [9.17, 15) is 8.42 Å². The molecule has 0 radical (unpaired) electrons. The van der Waals surface area contributed by atoms with Gasteiger partial charge in [-0.3, -0.25) is 4.98 Å². The summed E-state index contributed by atoms with van der Waals surface area (Å²) in [5, 5.41) is 0. The van der Waals surface area contributed by atoms with Crippen LogP contribution in [0.3, 0.4) is 0 Å². The Labute approximate surface area is 152 Å². The molecule has 0 aliphatic carbocycles. The predicted molar refractivity (Wildman–Crippen MR) is 98.2 cm³/mol. The van der Waals surface area contributed by atoms with Crippen molar-refractivity contribution in [2.24, 2.45) is 0 Å². The first-order valence-electron chi connectivity index (χ1n) is 8.83. The van der Waals surface area contributed by atoms with Gasteiger partial charge < -0.3 is 4.57 Å². The van der Waals surface area contributed by atoms with E-state index < -0.39 is 10.0 Å². The van der Waals surface area contributed by atoms with Crippen molar-refractivity contribution in [3.05, 3.63) is 48.7 Å². The molecule has 1 fully saturated rings. The van der Waals surface area contributed by atoms with Gasteiger partial charge in [-0.1, -0.05) is 6.92 Å². The van der Waals surface area contributed by atoms with Gasteiger partial charge in [0.05, 0.1) is 6.04 Å². The van der Waals surface area contributed by atoms with Crippen molar-refractivity contribution in [3.63, 3.8) is 0 Å². The number of rotatable bonds is 5. The molecule has 3 aromatic rings. The molecule has 0 bridgehead atoms. The van der Waals surface area contributed by atoms with Crippen LogP contribution < -0.4 is 0 Å². The number of fused-ring (bicyclic) bond motifs is 1. The Balaban J connectivity index is 1.67. The van der Waals surface area contributed by atoms with E-state index in [1.807, 2.05) is 12.1 Å². The van der Waals surface area contributed by atoms with Crippen LogP contribution in [0.25, 0.3) is 11.2 Å². The lowest BCUT2D eigenvalue weighted by Crippen LogP contribution is -2.29. The van der Waals surface area contributed by atoms with E-state index in [0.29, 0.717) is 13.1 Å². The predicted octanol–water partition coefficient (Wildman–Crippen LogP) is 2.41. The van der Waals surface area contributed by atoms with Crippen LogP contribution in [0.5, 0.6) is 0 Å². The molecule has 0 unspecified atom stereocenters. The van der Waals surface area contributed by atoms with E-state index in [1.54, 1.807) is 28.8 Å². The van der Waals surface area contributed by atoms with E-state index in [-0.39, 0.29) is 10.9 Å². The fraction of sp³-hybridized carbons (Fsp3) is 0.389. The van der Waals surface area contributed by atoms with Gasteiger partial charge in [-0.05, 0) is 37.1 Å². The SMILES string of the molecule is CCCc1nc2cccnc2n1[C@H]1CCN(S(=O)(=O)c2cccnc2)C1. The van der Waals surface area contributed by atoms with Crippen LogP contribution in [0.2, 0.25) is 0 Å². The molecular weight excluding hydrogens is 350 g/mol. The molecule has 0 saturated carbocycles. The second-order valence-corrected chi connectivity index (χ2v) is 8.43. The quantitative estimate of drug-likeness (QED) is 0.688. The Bertz CT molecular complexity index is 1020. The van der Waals surface area contributed by atoms with Crippen molar-refractivity contribution in [2.75, 3.05) is 13.1 Å². The van der Waals surface area contributed by atoms with Crippen LogP contribution in [0.15, 0.2) is 47.8 Å². The van der Waals surface area contributed by atoms with Crippen molar-refractivity contribution >= 4 is 21.2 Å². The molecule has 4 heterocycles. The average molecular weight is 371 g/mol. The maximum absolute atomic E-state index is 12.9. The van der Waals surface area contributed by atoms with Crippen molar-refractivity contribution in [1.29, 1.82) is 0 Å². The summed E-state index contributed by atoms with van der Waals surface area (Å²) in [6.07, 6.45) is 7.31. The molecule has 1 aliphatic rings. The molecule has 1 aliphatic heterocycles. The first-order chi connectivity index (χ1) is 12.6. The molecule has 4 rings (SSSR count). The molecule has 0 amide bonds. The third-order valence-corrected chi connectivity index (χ3v) is 6.61. The van der Waals surface area contributed by atoms with Gasteiger partial charge in [0.25, 0.3) is 0 Å². The van der Waals surface area contributed by atoms with Gasteiger partial charge in [0.2, 0.25) is 10.0 Å². The highest BCUT2D eigenvalue weighted by Gasteiger charge is 2.35. The number of sulfonamides is 1. The number of pyridine rings is 2. The summed E-state index contributed by atoms with van der Waals surface area (Å²) in [6, 6.07) is 7.11. The van der Waals surface area contributed by atoms with Crippen molar-refractivity contribution in [3.8, 4) is 0 Å². The molecule has 7 nitrogen and oxygen atoms in total. The van der Waals surface area contributed by atoms with Crippen LogP contribution >= 0.6 is 0 Å². The summed E-state index contributed by atoms with van der Waals surface area (Å²) >= 11 is 0. The number of imidazole rings is 1. The van der Waals surface area contributed by atoms with Gasteiger partial charge >= 0.3 is 0 Å². The minimum Gasteiger partial charge on any atom is -0.308 e. The number of hydrogen-bond acceptors (Lipinski definition) is 5. The molecular formula is C18H21N5O2S. The van der Waals surface area contributed by atoms with E-state index in [4.69, 9.17) is 4.98 Å². The minimum atomic E-state index is -3.52. The second kappa shape index (κ2) is 6.77. The molecule has 1 atom stereocenters. The summed E-state index contributed by atoms with van der Waals surface area (Å²) < 4.78 is 29.4. The van der Waals surface area contributed by atoms with Gasteiger partial charge in [-0.15, -0.1) is 0 Å². The molecule has 26 heavy (non-hydrogen) atoms. The molecule has 0 spiro atoms. The van der Waals surface area contributed by atoms with Crippen molar-refractivity contribution in [2.45, 2.75) is 37.1 Å². The van der Waals surface area contributed by atoms with Crippen LogP contribution in [-0.2, 0) is 16.4 Å². The van der Waals surface area contributed by atoms with Gasteiger partial charge in [-0.2, -0.15) is 4.31 Å². The molecule has 0 aromatic carbocycles. The Morgan fingerprint density at radius 3 is 2.85 bits per heavy atom. The van der Waals surface area contributed by atoms with E-state index in [2.05, 4.69) is 21.5 Å². The summed E-state index contributed by atoms with van der Waals surface area (Å²) in [6.45, 7) is 3.03. The van der Waals surface area contributed by atoms with Crippen molar-refractivity contribution in [1.82, 2.24) is 23.8 Å². The fourth-order valence-corrected chi connectivity index (χ4v) is 5.01. The zero-order valence-electron chi connectivity index (χ0n) is 14.6. The van der Waals surface area contributed by atoms with Gasteiger partial charge in [0.1, 0.15) is 16.2 Å². The monoisotopic (exact) mass is 371 g/mol. The number of hydrogen-bond donors (Lipinski definition) is 0. The molecule has 3 aromatic heterocycles. The van der Waals surface area contributed by atoms with Crippen LogP contribution in [0.1, 0.15) is 31.6 Å². The van der Waals surface area contributed by atoms with Crippen molar-refractivity contribution < 1.29 is 8.42 Å². The van der Waals surface area contributed by atoms with E-state index in [0.717, 1.165) is 36.3 Å². The van der Waals surface area contributed by atoms with E-state index in [1.165, 1.54) is 6.20 Å². The summed E-state index contributed by atoms with van der Waals surface area (Å²) in [5.74, 6) is 0.979. The molecule has 8 heteroatoms.